The number of carbonyl (C=O) groups is 1. The van der Waals surface area contributed by atoms with E-state index in [9.17, 15) is 4.79 Å². The fraction of sp³-hybridized carbons (Fsp3) is 0.154. The summed E-state index contributed by atoms with van der Waals surface area (Å²) in [6.45, 7) is 1.93. The first-order valence-electron chi connectivity index (χ1n) is 5.66. The summed E-state index contributed by atoms with van der Waals surface area (Å²) in [7, 11) is 0. The highest BCUT2D eigenvalue weighted by molar-refractivity contribution is 7.80. The molecular formula is C13H13N3OS2. The zero-order chi connectivity index (χ0) is 13.8. The number of hydrogen-bond donors (Lipinski definition) is 2. The number of nitrogens with two attached hydrogens (primary N) is 1. The molecule has 0 bridgehead atoms. The van der Waals surface area contributed by atoms with E-state index in [1.54, 1.807) is 23.5 Å². The zero-order valence-corrected chi connectivity index (χ0v) is 11.9. The van der Waals surface area contributed by atoms with Crippen LogP contribution in [0.2, 0.25) is 0 Å². The monoisotopic (exact) mass is 291 g/mol. The van der Waals surface area contributed by atoms with E-state index in [-0.39, 0.29) is 16.9 Å². The average Bonchev–Trinajstić information content (AvgIpc) is 2.92. The number of nitrogens with zero attached hydrogens (tertiary/aromatic N) is 1. The SMILES string of the molecule is CC(NC(=O)c1ccc(C(N)=S)cn1)c1ccsc1. The molecule has 0 saturated heterocycles. The smallest absolute Gasteiger partial charge is 0.270 e. The van der Waals surface area contributed by atoms with Crippen LogP contribution < -0.4 is 11.1 Å². The van der Waals surface area contributed by atoms with Crippen LogP contribution in [0, 0.1) is 0 Å². The maximum atomic E-state index is 12.0. The average molecular weight is 291 g/mol. The number of carbonyl (C=O) groups excluding carboxylic acids is 1. The van der Waals surface area contributed by atoms with Gasteiger partial charge in [0.2, 0.25) is 0 Å². The first kappa shape index (κ1) is 13.6. The molecular weight excluding hydrogens is 278 g/mol. The lowest BCUT2D eigenvalue weighted by molar-refractivity contribution is 0.0935. The van der Waals surface area contributed by atoms with Crippen molar-refractivity contribution in [2.24, 2.45) is 5.73 Å². The van der Waals surface area contributed by atoms with E-state index in [1.807, 2.05) is 23.8 Å². The number of pyridine rings is 1. The van der Waals surface area contributed by atoms with Gasteiger partial charge in [-0.15, -0.1) is 0 Å². The Morgan fingerprint density at radius 2 is 2.26 bits per heavy atom. The van der Waals surface area contributed by atoms with Crippen molar-refractivity contribution in [3.05, 3.63) is 52.0 Å². The molecule has 0 saturated carbocycles. The third kappa shape index (κ3) is 3.36. The second-order valence-electron chi connectivity index (χ2n) is 4.05. The van der Waals surface area contributed by atoms with Gasteiger partial charge in [-0.3, -0.25) is 9.78 Å². The highest BCUT2D eigenvalue weighted by atomic mass is 32.1. The Hall–Kier alpha value is -1.79. The van der Waals surface area contributed by atoms with Gasteiger partial charge in [0, 0.05) is 11.8 Å². The van der Waals surface area contributed by atoms with Gasteiger partial charge in [-0.05, 0) is 41.4 Å². The van der Waals surface area contributed by atoms with Crippen molar-refractivity contribution in [1.82, 2.24) is 10.3 Å². The molecule has 2 rings (SSSR count). The summed E-state index contributed by atoms with van der Waals surface area (Å²) >= 11 is 6.43. The molecule has 0 aliphatic carbocycles. The molecule has 4 nitrogen and oxygen atoms in total. The lowest BCUT2D eigenvalue weighted by Gasteiger charge is -2.12. The first-order valence-corrected chi connectivity index (χ1v) is 7.02. The van der Waals surface area contributed by atoms with Crippen LogP contribution in [0.25, 0.3) is 0 Å². The molecule has 19 heavy (non-hydrogen) atoms. The topological polar surface area (TPSA) is 68.0 Å². The normalized spacial score (nSPS) is 11.8. The summed E-state index contributed by atoms with van der Waals surface area (Å²) in [6, 6.07) is 5.25. The Labute approximate surface area is 120 Å². The second-order valence-corrected chi connectivity index (χ2v) is 5.27. The minimum Gasteiger partial charge on any atom is -0.389 e. The number of nitrogens with one attached hydrogen (secondary N) is 1. The minimum absolute atomic E-state index is 0.0455. The van der Waals surface area contributed by atoms with Crippen LogP contribution in [0.4, 0.5) is 0 Å². The zero-order valence-electron chi connectivity index (χ0n) is 10.3. The first-order chi connectivity index (χ1) is 9.08. The van der Waals surface area contributed by atoms with Gasteiger partial charge < -0.3 is 11.1 Å². The van der Waals surface area contributed by atoms with E-state index in [4.69, 9.17) is 18.0 Å². The molecule has 0 aliphatic rings. The molecule has 0 spiro atoms. The summed E-state index contributed by atoms with van der Waals surface area (Å²) in [5, 5.41) is 6.88. The van der Waals surface area contributed by atoms with Crippen LogP contribution in [-0.2, 0) is 0 Å². The molecule has 0 fully saturated rings. The number of aromatic nitrogens is 1. The number of rotatable bonds is 4. The molecule has 1 atom stereocenters. The van der Waals surface area contributed by atoms with E-state index in [1.165, 1.54) is 6.20 Å². The number of hydrogen-bond acceptors (Lipinski definition) is 4. The number of thiophene rings is 1. The highest BCUT2D eigenvalue weighted by Crippen LogP contribution is 2.15. The van der Waals surface area contributed by atoms with Crippen LogP contribution in [-0.4, -0.2) is 15.9 Å². The molecule has 98 valence electrons. The van der Waals surface area contributed by atoms with Crippen molar-refractivity contribution in [3.8, 4) is 0 Å². The maximum absolute atomic E-state index is 12.0. The highest BCUT2D eigenvalue weighted by Gasteiger charge is 2.12. The van der Waals surface area contributed by atoms with Crippen molar-refractivity contribution < 1.29 is 4.79 Å². The van der Waals surface area contributed by atoms with Crippen LogP contribution in [0.5, 0.6) is 0 Å². The van der Waals surface area contributed by atoms with Crippen molar-refractivity contribution in [3.63, 3.8) is 0 Å². The van der Waals surface area contributed by atoms with Gasteiger partial charge in [0.25, 0.3) is 5.91 Å². The van der Waals surface area contributed by atoms with Crippen molar-refractivity contribution in [2.45, 2.75) is 13.0 Å². The molecule has 1 unspecified atom stereocenters. The Morgan fingerprint density at radius 3 is 2.79 bits per heavy atom. The van der Waals surface area contributed by atoms with Gasteiger partial charge in [0.05, 0.1) is 6.04 Å². The minimum atomic E-state index is -0.215. The van der Waals surface area contributed by atoms with E-state index in [0.717, 1.165) is 5.56 Å². The van der Waals surface area contributed by atoms with Gasteiger partial charge in [0.15, 0.2) is 0 Å². The van der Waals surface area contributed by atoms with Crippen molar-refractivity contribution in [2.75, 3.05) is 0 Å². The fourth-order valence-electron chi connectivity index (χ4n) is 1.55. The van der Waals surface area contributed by atoms with E-state index < -0.39 is 0 Å². The standard InChI is InChI=1S/C13H13N3OS2/c1-8(10-4-5-19-7-10)16-13(17)11-3-2-9(6-15-11)12(14)18/h2-8H,1H3,(H2,14,18)(H,16,17). The van der Waals surface area contributed by atoms with Gasteiger partial charge >= 0.3 is 0 Å². The number of thiocarbonyl (C=S) groups is 1. The van der Waals surface area contributed by atoms with Crippen LogP contribution in [0.15, 0.2) is 35.2 Å². The predicted molar refractivity (Wildman–Crippen MR) is 80.3 cm³/mol. The van der Waals surface area contributed by atoms with Gasteiger partial charge in [-0.1, -0.05) is 12.2 Å². The molecule has 0 aromatic carbocycles. The quantitative estimate of drug-likeness (QED) is 0.848. The molecule has 1 amide bonds. The largest absolute Gasteiger partial charge is 0.389 e. The van der Waals surface area contributed by atoms with Crippen LogP contribution >= 0.6 is 23.6 Å². The van der Waals surface area contributed by atoms with Crippen molar-refractivity contribution in [1.29, 1.82) is 0 Å². The lowest BCUT2D eigenvalue weighted by Crippen LogP contribution is -2.27. The Morgan fingerprint density at radius 1 is 1.47 bits per heavy atom. The maximum Gasteiger partial charge on any atom is 0.270 e. The Balaban J connectivity index is 2.05. The third-order valence-electron chi connectivity index (χ3n) is 2.67. The second kappa shape index (κ2) is 5.90. The third-order valence-corrected chi connectivity index (χ3v) is 3.61. The van der Waals surface area contributed by atoms with Crippen LogP contribution in [0.3, 0.4) is 0 Å². The van der Waals surface area contributed by atoms with E-state index >= 15 is 0 Å². The Bertz CT molecular complexity index is 578. The van der Waals surface area contributed by atoms with Crippen molar-refractivity contribution >= 4 is 34.5 Å². The summed E-state index contributed by atoms with van der Waals surface area (Å²) in [6.07, 6.45) is 1.51. The predicted octanol–water partition coefficient (Wildman–Crippen LogP) is 2.27. The van der Waals surface area contributed by atoms with Gasteiger partial charge in [-0.2, -0.15) is 11.3 Å². The summed E-state index contributed by atoms with van der Waals surface area (Å²) in [5.74, 6) is -0.215. The lowest BCUT2D eigenvalue weighted by atomic mass is 10.1. The summed E-state index contributed by atoms with van der Waals surface area (Å²) in [4.78, 5) is 16.3. The Kier molecular flexibility index (Phi) is 4.24. The van der Waals surface area contributed by atoms with E-state index in [0.29, 0.717) is 11.3 Å². The van der Waals surface area contributed by atoms with Gasteiger partial charge in [-0.25, -0.2) is 0 Å². The molecule has 6 heteroatoms. The summed E-state index contributed by atoms with van der Waals surface area (Å²) < 4.78 is 0. The number of amides is 1. The molecule has 2 aromatic heterocycles. The van der Waals surface area contributed by atoms with Crippen LogP contribution in [0.1, 0.15) is 34.6 Å². The molecule has 0 aliphatic heterocycles. The molecule has 0 radical (unpaired) electrons. The molecule has 2 aromatic rings. The summed E-state index contributed by atoms with van der Waals surface area (Å²) in [5.41, 5.74) is 7.56. The molecule has 2 heterocycles. The molecule has 3 N–H and O–H groups in total. The fourth-order valence-corrected chi connectivity index (χ4v) is 2.42. The van der Waals surface area contributed by atoms with E-state index in [2.05, 4.69) is 10.3 Å². The van der Waals surface area contributed by atoms with Gasteiger partial charge in [0.1, 0.15) is 10.7 Å².